The number of likely N-dealkylation sites (N-methyl/N-ethyl adjacent to an activating group) is 2. The predicted octanol–water partition coefficient (Wildman–Crippen LogP) is 1.59. The number of thioether (sulfide) groups is 1. The van der Waals surface area contributed by atoms with Crippen LogP contribution in [0.25, 0.3) is 0 Å². The molecule has 0 spiro atoms. The number of nitrogens with zero attached hydrogens (tertiary/aromatic N) is 1. The van der Waals surface area contributed by atoms with E-state index in [1.165, 1.54) is 11.5 Å². The summed E-state index contributed by atoms with van der Waals surface area (Å²) in [5.74, 6) is 3.45. The molecule has 2 atom stereocenters. The summed E-state index contributed by atoms with van der Waals surface area (Å²) in [5, 5.41) is 3.36. The van der Waals surface area contributed by atoms with Gasteiger partial charge in [0.25, 0.3) is 0 Å². The van der Waals surface area contributed by atoms with Crippen molar-refractivity contribution in [3.8, 4) is 0 Å². The van der Waals surface area contributed by atoms with Crippen LogP contribution in [0.4, 0.5) is 0 Å². The summed E-state index contributed by atoms with van der Waals surface area (Å²) in [6.07, 6.45) is 1.75. The number of hydrogen-bond acceptors (Lipinski definition) is 4. The van der Waals surface area contributed by atoms with Gasteiger partial charge >= 0.3 is 0 Å². The molecule has 0 saturated carbocycles. The van der Waals surface area contributed by atoms with E-state index >= 15 is 0 Å². The van der Waals surface area contributed by atoms with Gasteiger partial charge < -0.3 is 9.73 Å². The van der Waals surface area contributed by atoms with Crippen molar-refractivity contribution < 1.29 is 4.42 Å². The first-order valence-electron chi connectivity index (χ1n) is 5.31. The predicted molar refractivity (Wildman–Crippen MR) is 64.3 cm³/mol. The molecule has 0 amide bonds. The molecule has 84 valence electrons. The standard InChI is InChI=1S/C11H18N2OS/c1-12-11(10-4-3-6-14-10)9-8-15-7-5-13(9)2/h3-4,6,9,11-12H,5,7-8H2,1-2H3. The van der Waals surface area contributed by atoms with Crippen molar-refractivity contribution in [2.45, 2.75) is 12.1 Å². The molecule has 1 aliphatic heterocycles. The van der Waals surface area contributed by atoms with Gasteiger partial charge in [-0.2, -0.15) is 11.8 Å². The van der Waals surface area contributed by atoms with Crippen LogP contribution in [0.15, 0.2) is 22.8 Å². The summed E-state index contributed by atoms with van der Waals surface area (Å²) in [6.45, 7) is 1.16. The van der Waals surface area contributed by atoms with Crippen molar-refractivity contribution in [2.75, 3.05) is 32.1 Å². The van der Waals surface area contributed by atoms with Crippen LogP contribution in [0.5, 0.6) is 0 Å². The molecule has 1 aromatic heterocycles. The van der Waals surface area contributed by atoms with Crippen LogP contribution >= 0.6 is 11.8 Å². The molecule has 2 heterocycles. The first-order valence-corrected chi connectivity index (χ1v) is 6.47. The third kappa shape index (κ3) is 2.38. The Kier molecular flexibility index (Phi) is 3.72. The van der Waals surface area contributed by atoms with Gasteiger partial charge in [-0.05, 0) is 26.2 Å². The van der Waals surface area contributed by atoms with Gasteiger partial charge in [-0.15, -0.1) is 0 Å². The van der Waals surface area contributed by atoms with Crippen LogP contribution in [-0.4, -0.2) is 43.1 Å². The molecule has 1 N–H and O–H groups in total. The van der Waals surface area contributed by atoms with E-state index in [2.05, 4.69) is 17.3 Å². The largest absolute Gasteiger partial charge is 0.468 e. The maximum absolute atomic E-state index is 5.49. The van der Waals surface area contributed by atoms with Gasteiger partial charge in [0.15, 0.2) is 0 Å². The van der Waals surface area contributed by atoms with Gasteiger partial charge in [-0.3, -0.25) is 4.90 Å². The van der Waals surface area contributed by atoms with E-state index in [1.54, 1.807) is 6.26 Å². The highest BCUT2D eigenvalue weighted by Crippen LogP contribution is 2.26. The lowest BCUT2D eigenvalue weighted by Crippen LogP contribution is -2.46. The van der Waals surface area contributed by atoms with Gasteiger partial charge in [-0.1, -0.05) is 0 Å². The van der Waals surface area contributed by atoms with Crippen LogP contribution in [-0.2, 0) is 0 Å². The van der Waals surface area contributed by atoms with E-state index in [9.17, 15) is 0 Å². The average Bonchev–Trinajstić information content (AvgIpc) is 2.75. The Bertz CT molecular complexity index is 289. The summed E-state index contributed by atoms with van der Waals surface area (Å²) in [4.78, 5) is 2.42. The Morgan fingerprint density at radius 1 is 1.67 bits per heavy atom. The van der Waals surface area contributed by atoms with Crippen LogP contribution < -0.4 is 5.32 Å². The van der Waals surface area contributed by atoms with Gasteiger partial charge in [0, 0.05) is 24.1 Å². The minimum atomic E-state index is 0.304. The van der Waals surface area contributed by atoms with E-state index < -0.39 is 0 Å². The number of nitrogens with one attached hydrogen (secondary N) is 1. The quantitative estimate of drug-likeness (QED) is 0.847. The highest BCUT2D eigenvalue weighted by molar-refractivity contribution is 7.99. The Morgan fingerprint density at radius 2 is 2.53 bits per heavy atom. The van der Waals surface area contributed by atoms with E-state index in [0.717, 1.165) is 12.3 Å². The molecule has 0 aromatic carbocycles. The van der Waals surface area contributed by atoms with Crippen molar-refractivity contribution in [3.05, 3.63) is 24.2 Å². The van der Waals surface area contributed by atoms with E-state index in [0.29, 0.717) is 12.1 Å². The van der Waals surface area contributed by atoms with Crippen molar-refractivity contribution in [1.82, 2.24) is 10.2 Å². The number of hydrogen-bond donors (Lipinski definition) is 1. The van der Waals surface area contributed by atoms with Crippen molar-refractivity contribution in [1.29, 1.82) is 0 Å². The third-order valence-corrected chi connectivity index (χ3v) is 4.04. The Hall–Kier alpha value is -0.450. The van der Waals surface area contributed by atoms with E-state index in [4.69, 9.17) is 4.42 Å². The summed E-state index contributed by atoms with van der Waals surface area (Å²) in [7, 11) is 4.19. The van der Waals surface area contributed by atoms with Crippen molar-refractivity contribution in [2.24, 2.45) is 0 Å². The van der Waals surface area contributed by atoms with Crippen LogP contribution in [0.2, 0.25) is 0 Å². The molecule has 15 heavy (non-hydrogen) atoms. The molecule has 2 unspecified atom stereocenters. The second-order valence-corrected chi connectivity index (χ2v) is 5.05. The minimum absolute atomic E-state index is 0.304. The molecular weight excluding hydrogens is 208 g/mol. The lowest BCUT2D eigenvalue weighted by molar-refractivity contribution is 0.205. The molecule has 0 aliphatic carbocycles. The molecule has 4 heteroatoms. The highest BCUT2D eigenvalue weighted by Gasteiger charge is 2.29. The molecule has 1 fully saturated rings. The zero-order chi connectivity index (χ0) is 10.7. The van der Waals surface area contributed by atoms with E-state index in [-0.39, 0.29) is 0 Å². The first-order chi connectivity index (χ1) is 7.33. The fourth-order valence-electron chi connectivity index (χ4n) is 2.05. The van der Waals surface area contributed by atoms with Gasteiger partial charge in [0.2, 0.25) is 0 Å². The van der Waals surface area contributed by atoms with E-state index in [1.807, 2.05) is 30.9 Å². The molecule has 1 saturated heterocycles. The lowest BCUT2D eigenvalue weighted by atomic mass is 10.1. The average molecular weight is 226 g/mol. The van der Waals surface area contributed by atoms with Crippen molar-refractivity contribution in [3.63, 3.8) is 0 Å². The van der Waals surface area contributed by atoms with Gasteiger partial charge in [-0.25, -0.2) is 0 Å². The van der Waals surface area contributed by atoms with Gasteiger partial charge in [0.05, 0.1) is 12.3 Å². The molecule has 0 bridgehead atoms. The number of furan rings is 1. The first kappa shape index (κ1) is 11.0. The Morgan fingerprint density at radius 3 is 3.13 bits per heavy atom. The maximum atomic E-state index is 5.49. The normalized spacial score (nSPS) is 25.3. The highest BCUT2D eigenvalue weighted by atomic mass is 32.2. The fraction of sp³-hybridized carbons (Fsp3) is 0.636. The monoisotopic (exact) mass is 226 g/mol. The SMILES string of the molecule is CNC(c1ccco1)C1CSCCN1C. The molecule has 0 radical (unpaired) electrons. The van der Waals surface area contributed by atoms with Crippen LogP contribution in [0.1, 0.15) is 11.8 Å². The minimum Gasteiger partial charge on any atom is -0.468 e. The van der Waals surface area contributed by atoms with Crippen LogP contribution in [0.3, 0.4) is 0 Å². The molecular formula is C11H18N2OS. The molecule has 1 aromatic rings. The summed E-state index contributed by atoms with van der Waals surface area (Å²) >= 11 is 2.02. The summed E-state index contributed by atoms with van der Waals surface area (Å²) < 4.78 is 5.49. The summed E-state index contributed by atoms with van der Waals surface area (Å²) in [5.41, 5.74) is 0. The lowest BCUT2D eigenvalue weighted by Gasteiger charge is -2.36. The fourth-order valence-corrected chi connectivity index (χ4v) is 3.32. The Balaban J connectivity index is 2.11. The zero-order valence-electron chi connectivity index (χ0n) is 9.27. The maximum Gasteiger partial charge on any atom is 0.122 e. The molecule has 3 nitrogen and oxygen atoms in total. The van der Waals surface area contributed by atoms with Crippen molar-refractivity contribution >= 4 is 11.8 Å². The smallest absolute Gasteiger partial charge is 0.122 e. The zero-order valence-corrected chi connectivity index (χ0v) is 10.1. The Labute approximate surface area is 95.2 Å². The number of rotatable bonds is 3. The second-order valence-electron chi connectivity index (χ2n) is 3.90. The summed E-state index contributed by atoms with van der Waals surface area (Å²) in [6, 6.07) is 4.84. The third-order valence-electron chi connectivity index (χ3n) is 2.99. The van der Waals surface area contributed by atoms with Crippen LogP contribution in [0, 0.1) is 0 Å². The topological polar surface area (TPSA) is 28.4 Å². The second kappa shape index (κ2) is 5.05. The molecule has 1 aliphatic rings. The molecule has 2 rings (SSSR count). The van der Waals surface area contributed by atoms with Gasteiger partial charge in [0.1, 0.15) is 5.76 Å².